The molecule has 2 rings (SSSR count). The van der Waals surface area contributed by atoms with Gasteiger partial charge in [0, 0.05) is 19.5 Å². The second-order valence-corrected chi connectivity index (χ2v) is 5.16. The van der Waals surface area contributed by atoms with Gasteiger partial charge in [0.1, 0.15) is 17.4 Å². The lowest BCUT2D eigenvalue weighted by Gasteiger charge is -2.15. The summed E-state index contributed by atoms with van der Waals surface area (Å²) in [6.07, 6.45) is -3.87. The Labute approximate surface area is 132 Å². The molecule has 8 heteroatoms. The Kier molecular flexibility index (Phi) is 5.25. The third-order valence-electron chi connectivity index (χ3n) is 3.55. The molecular weight excluding hydrogens is 309 g/mol. The maximum atomic E-state index is 12.1. The number of halogens is 3. The van der Waals surface area contributed by atoms with Gasteiger partial charge in [0.2, 0.25) is 0 Å². The summed E-state index contributed by atoms with van der Waals surface area (Å²) in [5, 5.41) is 11.5. The molecule has 23 heavy (non-hydrogen) atoms. The van der Waals surface area contributed by atoms with Crippen molar-refractivity contribution in [1.82, 2.24) is 20.1 Å². The van der Waals surface area contributed by atoms with Gasteiger partial charge in [-0.15, -0.1) is 23.4 Å². The van der Waals surface area contributed by atoms with Crippen molar-refractivity contribution in [1.29, 1.82) is 0 Å². The highest BCUT2D eigenvalue weighted by Gasteiger charge is 2.31. The molecule has 1 N–H and O–H groups in total. The summed E-state index contributed by atoms with van der Waals surface area (Å²) >= 11 is 0. The molecule has 1 aromatic heterocycles. The molecule has 0 saturated carbocycles. The van der Waals surface area contributed by atoms with E-state index < -0.39 is 6.36 Å². The maximum Gasteiger partial charge on any atom is 0.573 e. The van der Waals surface area contributed by atoms with Crippen LogP contribution in [0.15, 0.2) is 24.3 Å². The Morgan fingerprint density at radius 1 is 1.17 bits per heavy atom. The molecule has 0 aliphatic rings. The molecule has 0 radical (unpaired) electrons. The third kappa shape index (κ3) is 4.69. The molecule has 0 aliphatic heterocycles. The van der Waals surface area contributed by atoms with E-state index in [-0.39, 0.29) is 11.8 Å². The van der Waals surface area contributed by atoms with Gasteiger partial charge in [-0.25, -0.2) is 0 Å². The van der Waals surface area contributed by atoms with Crippen molar-refractivity contribution >= 4 is 0 Å². The topological polar surface area (TPSA) is 52.0 Å². The first-order valence-corrected chi connectivity index (χ1v) is 7.26. The van der Waals surface area contributed by atoms with E-state index in [4.69, 9.17) is 0 Å². The molecule has 0 saturated heterocycles. The number of hydrogen-bond acceptors (Lipinski definition) is 4. The molecule has 0 spiro atoms. The smallest absolute Gasteiger partial charge is 0.406 e. The van der Waals surface area contributed by atoms with Crippen LogP contribution in [0.2, 0.25) is 0 Å². The Morgan fingerprint density at radius 3 is 2.30 bits per heavy atom. The van der Waals surface area contributed by atoms with Crippen LogP contribution >= 0.6 is 0 Å². The molecule has 2 aromatic rings. The lowest BCUT2D eigenvalue weighted by atomic mass is 10.1. The lowest BCUT2D eigenvalue weighted by Crippen LogP contribution is -2.20. The summed E-state index contributed by atoms with van der Waals surface area (Å²) in [6, 6.07) is 5.77. The zero-order valence-electron chi connectivity index (χ0n) is 13.2. The van der Waals surface area contributed by atoms with Gasteiger partial charge in [-0.3, -0.25) is 0 Å². The maximum absolute atomic E-state index is 12.1. The van der Waals surface area contributed by atoms with E-state index >= 15 is 0 Å². The largest absolute Gasteiger partial charge is 0.573 e. The zero-order chi connectivity index (χ0) is 17.0. The molecule has 0 aliphatic carbocycles. The zero-order valence-corrected chi connectivity index (χ0v) is 13.2. The monoisotopic (exact) mass is 328 g/mol. The van der Waals surface area contributed by atoms with E-state index in [9.17, 15) is 13.2 Å². The molecule has 0 bridgehead atoms. The summed E-state index contributed by atoms with van der Waals surface area (Å²) in [5.41, 5.74) is 0.859. The second kappa shape index (κ2) is 6.99. The summed E-state index contributed by atoms with van der Waals surface area (Å²) in [4.78, 5) is 0. The van der Waals surface area contributed by atoms with Gasteiger partial charge in [-0.2, -0.15) is 0 Å². The Hall–Kier alpha value is -2.09. The molecule has 126 valence electrons. The van der Waals surface area contributed by atoms with Gasteiger partial charge >= 0.3 is 6.36 Å². The number of alkyl halides is 3. The van der Waals surface area contributed by atoms with Crippen LogP contribution in [-0.4, -0.2) is 21.1 Å². The molecule has 5 nitrogen and oxygen atoms in total. The summed E-state index contributed by atoms with van der Waals surface area (Å²) < 4.78 is 42.2. The molecule has 1 heterocycles. The van der Waals surface area contributed by atoms with E-state index in [0.29, 0.717) is 6.54 Å². The minimum Gasteiger partial charge on any atom is -0.406 e. The van der Waals surface area contributed by atoms with Crippen molar-refractivity contribution in [3.63, 3.8) is 0 Å². The van der Waals surface area contributed by atoms with Crippen molar-refractivity contribution in [2.75, 3.05) is 0 Å². The number of nitrogens with one attached hydrogen (secondary N) is 1. The second-order valence-electron chi connectivity index (χ2n) is 5.16. The molecule has 1 atom stereocenters. The Bertz CT molecular complexity index is 637. The first kappa shape index (κ1) is 17.3. The van der Waals surface area contributed by atoms with Crippen molar-refractivity contribution in [3.8, 4) is 5.75 Å². The van der Waals surface area contributed by atoms with E-state index in [1.165, 1.54) is 12.1 Å². The van der Waals surface area contributed by atoms with Gasteiger partial charge < -0.3 is 14.6 Å². The van der Waals surface area contributed by atoms with Gasteiger partial charge in [0.15, 0.2) is 0 Å². The fraction of sp³-hybridized carbons (Fsp3) is 0.467. The van der Waals surface area contributed by atoms with Crippen LogP contribution in [0.5, 0.6) is 5.75 Å². The number of ether oxygens (including phenoxy) is 1. The standard InChI is InChI=1S/C15H19F3N4O/c1-4-13-20-21-14(22(13)3)9-19-10(2)11-5-7-12(8-6-11)23-15(16,17)18/h5-8,10,19H,4,9H2,1-3H3/t10-/m0/s1. The van der Waals surface area contributed by atoms with Crippen LogP contribution in [0, 0.1) is 0 Å². The predicted molar refractivity (Wildman–Crippen MR) is 78.8 cm³/mol. The van der Waals surface area contributed by atoms with Gasteiger partial charge in [0.25, 0.3) is 0 Å². The van der Waals surface area contributed by atoms with Gasteiger partial charge in [-0.05, 0) is 24.6 Å². The number of aromatic nitrogens is 3. The van der Waals surface area contributed by atoms with Crippen molar-refractivity contribution < 1.29 is 17.9 Å². The third-order valence-corrected chi connectivity index (χ3v) is 3.55. The normalized spacial score (nSPS) is 13.1. The summed E-state index contributed by atoms with van der Waals surface area (Å²) in [7, 11) is 1.91. The number of benzene rings is 1. The van der Waals surface area contributed by atoms with Crippen LogP contribution in [0.4, 0.5) is 13.2 Å². The van der Waals surface area contributed by atoms with Crippen LogP contribution in [0.1, 0.15) is 37.1 Å². The number of hydrogen-bond donors (Lipinski definition) is 1. The fourth-order valence-electron chi connectivity index (χ4n) is 2.18. The lowest BCUT2D eigenvalue weighted by molar-refractivity contribution is -0.274. The van der Waals surface area contributed by atoms with E-state index in [1.807, 2.05) is 25.5 Å². The van der Waals surface area contributed by atoms with Gasteiger partial charge in [-0.1, -0.05) is 19.1 Å². The highest BCUT2D eigenvalue weighted by molar-refractivity contribution is 5.29. The highest BCUT2D eigenvalue weighted by Crippen LogP contribution is 2.24. The highest BCUT2D eigenvalue weighted by atomic mass is 19.4. The number of rotatable bonds is 6. The van der Waals surface area contributed by atoms with Crippen LogP contribution in [-0.2, 0) is 20.0 Å². The van der Waals surface area contributed by atoms with Crippen molar-refractivity contribution in [2.24, 2.45) is 7.05 Å². The van der Waals surface area contributed by atoms with Crippen LogP contribution < -0.4 is 10.1 Å². The quantitative estimate of drug-likeness (QED) is 0.885. The van der Waals surface area contributed by atoms with Crippen molar-refractivity contribution in [3.05, 3.63) is 41.5 Å². The molecule has 1 aromatic carbocycles. The summed E-state index contributed by atoms with van der Waals surface area (Å²) in [6.45, 7) is 4.45. The Morgan fingerprint density at radius 2 is 1.78 bits per heavy atom. The molecular formula is C15H19F3N4O. The molecule has 0 amide bonds. The van der Waals surface area contributed by atoms with E-state index in [0.717, 1.165) is 23.6 Å². The minimum absolute atomic E-state index is 0.0447. The average Bonchev–Trinajstić information content (AvgIpc) is 2.84. The fourth-order valence-corrected chi connectivity index (χ4v) is 2.18. The van der Waals surface area contributed by atoms with Crippen molar-refractivity contribution in [2.45, 2.75) is 39.2 Å². The number of aryl methyl sites for hydroxylation is 1. The van der Waals surface area contributed by atoms with Crippen LogP contribution in [0.25, 0.3) is 0 Å². The van der Waals surface area contributed by atoms with Gasteiger partial charge in [0.05, 0.1) is 6.54 Å². The van der Waals surface area contributed by atoms with E-state index in [2.05, 4.69) is 20.3 Å². The Balaban J connectivity index is 1.95. The summed E-state index contributed by atoms with van der Waals surface area (Å²) in [5.74, 6) is 1.49. The van der Waals surface area contributed by atoms with Crippen LogP contribution in [0.3, 0.4) is 0 Å². The minimum atomic E-state index is -4.67. The first-order valence-electron chi connectivity index (χ1n) is 7.26. The average molecular weight is 328 g/mol. The number of nitrogens with zero attached hydrogens (tertiary/aromatic N) is 3. The molecule has 0 fully saturated rings. The molecule has 0 unspecified atom stereocenters. The SMILES string of the molecule is CCc1nnc(CN[C@@H](C)c2ccc(OC(F)(F)F)cc2)n1C. The predicted octanol–water partition coefficient (Wildman–Crippen LogP) is 3.13. The first-order chi connectivity index (χ1) is 10.8. The van der Waals surface area contributed by atoms with E-state index in [1.54, 1.807) is 12.1 Å².